The summed E-state index contributed by atoms with van der Waals surface area (Å²) in [4.78, 5) is 0. The smallest absolute Gasteiger partial charge is 0.126 e. The van der Waals surface area contributed by atoms with E-state index in [1.54, 1.807) is 12.1 Å². The third-order valence-electron chi connectivity index (χ3n) is 4.60. The minimum atomic E-state index is -0.00790. The van der Waals surface area contributed by atoms with E-state index >= 15 is 0 Å². The Labute approximate surface area is 104 Å². The largest absolute Gasteiger partial charge is 0.207 e. The molecule has 0 radical (unpaired) electrons. The maximum atomic E-state index is 13.9. The molecule has 0 atom stereocenters. The Morgan fingerprint density at radius 1 is 0.938 bits per heavy atom. The predicted molar refractivity (Wildman–Crippen MR) is 67.4 cm³/mol. The molecule has 0 aromatic heterocycles. The van der Waals surface area contributed by atoms with E-state index in [0.29, 0.717) is 4.32 Å². The van der Waals surface area contributed by atoms with Crippen molar-refractivity contribution in [2.24, 2.45) is 0 Å². The highest BCUT2D eigenvalue weighted by Gasteiger charge is 2.48. The molecule has 3 aliphatic rings. The number of fused-ring (bicyclic) bond motifs is 3. The molecular formula is C14H16BrF. The van der Waals surface area contributed by atoms with E-state index in [1.807, 2.05) is 12.1 Å². The standard InChI is InChI=1S/C14H16BrF/c15-14-8-5-13(6-9-14,7-10-14)11-3-1-2-4-12(11)16/h1-4H,5-10H2. The average molecular weight is 283 g/mol. The Bertz CT molecular complexity index is 388. The van der Waals surface area contributed by atoms with Gasteiger partial charge in [0, 0.05) is 4.32 Å². The predicted octanol–water partition coefficient (Wildman–Crippen LogP) is 4.57. The molecule has 3 fully saturated rings. The van der Waals surface area contributed by atoms with Crippen LogP contribution in [0.3, 0.4) is 0 Å². The van der Waals surface area contributed by atoms with E-state index in [0.717, 1.165) is 24.8 Å². The maximum absolute atomic E-state index is 13.9. The first kappa shape index (κ1) is 10.8. The van der Waals surface area contributed by atoms with Crippen molar-refractivity contribution in [3.05, 3.63) is 35.6 Å². The highest BCUT2D eigenvalue weighted by atomic mass is 79.9. The van der Waals surface area contributed by atoms with Crippen molar-refractivity contribution >= 4 is 15.9 Å². The van der Waals surface area contributed by atoms with Crippen molar-refractivity contribution in [3.8, 4) is 0 Å². The summed E-state index contributed by atoms with van der Waals surface area (Å²) < 4.78 is 14.3. The highest BCUT2D eigenvalue weighted by Crippen LogP contribution is 2.57. The summed E-state index contributed by atoms with van der Waals surface area (Å²) in [5, 5.41) is 0. The number of halogens is 2. The lowest BCUT2D eigenvalue weighted by molar-refractivity contribution is 0.158. The van der Waals surface area contributed by atoms with Gasteiger partial charge in [0.25, 0.3) is 0 Å². The van der Waals surface area contributed by atoms with Gasteiger partial charge in [-0.3, -0.25) is 0 Å². The van der Waals surface area contributed by atoms with Gasteiger partial charge in [-0.1, -0.05) is 34.1 Å². The lowest BCUT2D eigenvalue weighted by atomic mass is 9.58. The Morgan fingerprint density at radius 2 is 1.50 bits per heavy atom. The van der Waals surface area contributed by atoms with Gasteiger partial charge in [0.2, 0.25) is 0 Å². The van der Waals surface area contributed by atoms with Crippen molar-refractivity contribution in [1.29, 1.82) is 0 Å². The van der Waals surface area contributed by atoms with E-state index in [9.17, 15) is 4.39 Å². The summed E-state index contributed by atoms with van der Waals surface area (Å²) in [6, 6.07) is 7.35. The molecule has 2 heteroatoms. The number of hydrogen-bond donors (Lipinski definition) is 0. The van der Waals surface area contributed by atoms with E-state index in [4.69, 9.17) is 0 Å². The first-order chi connectivity index (χ1) is 7.64. The van der Waals surface area contributed by atoms with Gasteiger partial charge in [0.1, 0.15) is 5.82 Å². The molecule has 1 aromatic rings. The van der Waals surface area contributed by atoms with Crippen molar-refractivity contribution in [2.45, 2.75) is 48.3 Å². The van der Waals surface area contributed by atoms with Crippen LogP contribution in [0.1, 0.15) is 44.1 Å². The van der Waals surface area contributed by atoms with Gasteiger partial charge in [-0.15, -0.1) is 0 Å². The van der Waals surface area contributed by atoms with Gasteiger partial charge in [-0.05, 0) is 55.6 Å². The number of benzene rings is 1. The molecule has 0 heterocycles. The minimum Gasteiger partial charge on any atom is -0.207 e. The SMILES string of the molecule is Fc1ccccc1C12CCC(Br)(CC1)CC2. The summed E-state index contributed by atoms with van der Waals surface area (Å²) in [7, 11) is 0. The maximum Gasteiger partial charge on any atom is 0.126 e. The fourth-order valence-electron chi connectivity index (χ4n) is 3.44. The quantitative estimate of drug-likeness (QED) is 0.662. The normalized spacial score (nSPS) is 37.6. The molecule has 4 rings (SSSR count). The lowest BCUT2D eigenvalue weighted by Crippen LogP contribution is -2.45. The summed E-state index contributed by atoms with van der Waals surface area (Å²) in [6.07, 6.45) is 7.00. The van der Waals surface area contributed by atoms with Crippen LogP contribution in [0.2, 0.25) is 0 Å². The first-order valence-electron chi connectivity index (χ1n) is 6.08. The fraction of sp³-hybridized carbons (Fsp3) is 0.571. The van der Waals surface area contributed by atoms with Crippen LogP contribution >= 0.6 is 15.9 Å². The Kier molecular flexibility index (Phi) is 2.39. The number of rotatable bonds is 1. The number of alkyl halides is 1. The zero-order valence-corrected chi connectivity index (χ0v) is 10.9. The van der Waals surface area contributed by atoms with Gasteiger partial charge in [-0.2, -0.15) is 0 Å². The molecule has 0 spiro atoms. The topological polar surface area (TPSA) is 0 Å². The van der Waals surface area contributed by atoms with Crippen LogP contribution in [0.5, 0.6) is 0 Å². The van der Waals surface area contributed by atoms with Crippen LogP contribution in [0.15, 0.2) is 24.3 Å². The summed E-state index contributed by atoms with van der Waals surface area (Å²) in [6.45, 7) is 0. The molecule has 0 amide bonds. The van der Waals surface area contributed by atoms with Crippen LogP contribution in [-0.2, 0) is 5.41 Å². The molecule has 16 heavy (non-hydrogen) atoms. The van der Waals surface area contributed by atoms with Crippen molar-refractivity contribution in [3.63, 3.8) is 0 Å². The zero-order chi connectivity index (χ0) is 11.2. The molecule has 0 unspecified atom stereocenters. The monoisotopic (exact) mass is 282 g/mol. The van der Waals surface area contributed by atoms with Gasteiger partial charge >= 0.3 is 0 Å². The minimum absolute atomic E-state index is 0.00790. The molecule has 2 bridgehead atoms. The van der Waals surface area contributed by atoms with E-state index in [1.165, 1.54) is 19.3 Å². The molecule has 0 nitrogen and oxygen atoms in total. The molecule has 0 aliphatic heterocycles. The molecule has 1 aromatic carbocycles. The zero-order valence-electron chi connectivity index (χ0n) is 9.31. The van der Waals surface area contributed by atoms with Crippen LogP contribution in [0.25, 0.3) is 0 Å². The molecule has 3 aliphatic carbocycles. The van der Waals surface area contributed by atoms with E-state index in [-0.39, 0.29) is 11.2 Å². The van der Waals surface area contributed by atoms with Crippen molar-refractivity contribution in [1.82, 2.24) is 0 Å². The Balaban J connectivity index is 1.99. The van der Waals surface area contributed by atoms with Crippen molar-refractivity contribution < 1.29 is 4.39 Å². The van der Waals surface area contributed by atoms with Crippen molar-refractivity contribution in [2.75, 3.05) is 0 Å². The second kappa shape index (κ2) is 3.56. The van der Waals surface area contributed by atoms with E-state index in [2.05, 4.69) is 15.9 Å². The third-order valence-corrected chi connectivity index (χ3v) is 5.79. The molecule has 0 saturated heterocycles. The van der Waals surface area contributed by atoms with Crippen LogP contribution in [0.4, 0.5) is 4.39 Å². The van der Waals surface area contributed by atoms with E-state index < -0.39 is 0 Å². The Morgan fingerprint density at radius 3 is 2.06 bits per heavy atom. The van der Waals surface area contributed by atoms with Gasteiger partial charge < -0.3 is 0 Å². The molecular weight excluding hydrogens is 267 g/mol. The summed E-state index contributed by atoms with van der Waals surface area (Å²) in [5.74, 6) is -0.00790. The highest BCUT2D eigenvalue weighted by molar-refractivity contribution is 9.10. The first-order valence-corrected chi connectivity index (χ1v) is 6.87. The molecule has 3 saturated carbocycles. The van der Waals surface area contributed by atoms with Gasteiger partial charge in [0.15, 0.2) is 0 Å². The summed E-state index contributed by atoms with van der Waals surface area (Å²) >= 11 is 3.85. The second-order valence-corrected chi connectivity index (χ2v) is 7.09. The van der Waals surface area contributed by atoms with Crippen LogP contribution in [-0.4, -0.2) is 4.32 Å². The van der Waals surface area contributed by atoms with Gasteiger partial charge in [-0.25, -0.2) is 4.39 Å². The molecule has 0 N–H and O–H groups in total. The van der Waals surface area contributed by atoms with Crippen LogP contribution in [0, 0.1) is 5.82 Å². The Hall–Kier alpha value is -0.370. The van der Waals surface area contributed by atoms with Gasteiger partial charge in [0.05, 0.1) is 0 Å². The lowest BCUT2D eigenvalue weighted by Gasteiger charge is -2.51. The summed E-state index contributed by atoms with van der Waals surface area (Å²) in [5.41, 5.74) is 1.10. The second-order valence-electron chi connectivity index (χ2n) is 5.41. The fourth-order valence-corrected chi connectivity index (χ4v) is 4.03. The third kappa shape index (κ3) is 1.54. The average Bonchev–Trinajstić information content (AvgIpc) is 2.31. The molecule has 86 valence electrons. The van der Waals surface area contributed by atoms with Crippen LogP contribution < -0.4 is 0 Å². The number of hydrogen-bond acceptors (Lipinski definition) is 0.